The van der Waals surface area contributed by atoms with Crippen LogP contribution in [0, 0.1) is 5.82 Å². The first-order valence-corrected chi connectivity index (χ1v) is 14.5. The molecule has 2 fully saturated rings. The predicted octanol–water partition coefficient (Wildman–Crippen LogP) is 5.38. The molecule has 0 radical (unpaired) electrons. The lowest BCUT2D eigenvalue weighted by Crippen LogP contribution is -2.36. The lowest BCUT2D eigenvalue weighted by molar-refractivity contribution is 0.0949. The van der Waals surface area contributed by atoms with E-state index in [4.69, 9.17) is 0 Å². The number of benzene rings is 2. The van der Waals surface area contributed by atoms with Gasteiger partial charge in [0.15, 0.2) is 4.96 Å². The fraction of sp³-hybridized carbons (Fsp3) is 0.414. The summed E-state index contributed by atoms with van der Waals surface area (Å²) in [4.78, 5) is 32.9. The predicted molar refractivity (Wildman–Crippen MR) is 150 cm³/mol. The molecular formula is C29H31F2N5O3S. The zero-order valence-corrected chi connectivity index (χ0v) is 22.8. The molecule has 0 bridgehead atoms. The minimum atomic E-state index is -0.944. The van der Waals surface area contributed by atoms with E-state index >= 15 is 4.39 Å². The van der Waals surface area contributed by atoms with E-state index in [1.165, 1.54) is 22.3 Å². The first-order chi connectivity index (χ1) is 19.4. The molecule has 0 saturated carbocycles. The highest BCUT2D eigenvalue weighted by Gasteiger charge is 2.28. The van der Waals surface area contributed by atoms with Crippen molar-refractivity contribution in [2.24, 2.45) is 0 Å². The van der Waals surface area contributed by atoms with Gasteiger partial charge in [-0.3, -0.25) is 9.20 Å². The molecule has 0 unspecified atom stereocenters. The fourth-order valence-electron chi connectivity index (χ4n) is 5.70. The summed E-state index contributed by atoms with van der Waals surface area (Å²) in [6.45, 7) is 3.80. The van der Waals surface area contributed by atoms with Crippen molar-refractivity contribution in [1.29, 1.82) is 0 Å². The topological polar surface area (TPSA) is 90.2 Å². The van der Waals surface area contributed by atoms with E-state index in [2.05, 4.69) is 15.2 Å². The van der Waals surface area contributed by atoms with Crippen molar-refractivity contribution in [1.82, 2.24) is 24.5 Å². The van der Waals surface area contributed by atoms with Gasteiger partial charge >= 0.3 is 6.09 Å². The van der Waals surface area contributed by atoms with Crippen LogP contribution in [0.2, 0.25) is 0 Å². The molecule has 1 atom stereocenters. The number of piperidine rings is 1. The first-order valence-electron chi connectivity index (χ1n) is 13.7. The molecular weight excluding hydrogens is 536 g/mol. The third-order valence-electron chi connectivity index (χ3n) is 8.01. The average molecular weight is 568 g/mol. The first kappa shape index (κ1) is 26.6. The second kappa shape index (κ2) is 11.1. The maximum atomic E-state index is 15.1. The van der Waals surface area contributed by atoms with Crippen LogP contribution < -0.4 is 5.32 Å². The quantitative estimate of drug-likeness (QED) is 0.293. The van der Waals surface area contributed by atoms with Crippen LogP contribution in [0.4, 0.5) is 13.6 Å². The van der Waals surface area contributed by atoms with Crippen LogP contribution in [0.25, 0.3) is 26.4 Å². The summed E-state index contributed by atoms with van der Waals surface area (Å²) in [7, 11) is 0. The molecule has 6 rings (SSSR count). The Morgan fingerprint density at radius 2 is 1.93 bits per heavy atom. The Labute approximate surface area is 234 Å². The number of rotatable bonds is 7. The Hall–Kier alpha value is -3.57. The Morgan fingerprint density at radius 3 is 2.67 bits per heavy atom. The number of imidazole rings is 1. The van der Waals surface area contributed by atoms with Crippen LogP contribution >= 0.6 is 11.3 Å². The van der Waals surface area contributed by atoms with E-state index in [1.807, 2.05) is 22.6 Å². The summed E-state index contributed by atoms with van der Waals surface area (Å²) in [5.41, 5.74) is 3.18. The van der Waals surface area contributed by atoms with Gasteiger partial charge < -0.3 is 20.2 Å². The number of nitrogens with zero attached hydrogens (tertiary/aromatic N) is 4. The van der Waals surface area contributed by atoms with E-state index < -0.39 is 12.3 Å². The summed E-state index contributed by atoms with van der Waals surface area (Å²) in [5.74, 6) is -0.528. The Kier molecular flexibility index (Phi) is 7.41. The number of fused-ring (bicyclic) bond motifs is 3. The Morgan fingerprint density at radius 1 is 1.10 bits per heavy atom. The number of alkyl halides is 1. The Balaban J connectivity index is 1.11. The van der Waals surface area contributed by atoms with Gasteiger partial charge in [0.05, 0.1) is 15.9 Å². The molecule has 4 heterocycles. The monoisotopic (exact) mass is 567 g/mol. The zero-order valence-electron chi connectivity index (χ0n) is 22.0. The number of hydrogen-bond acceptors (Lipinski definition) is 5. The van der Waals surface area contributed by atoms with Crippen LogP contribution in [-0.2, 0) is 0 Å². The molecule has 4 aromatic rings. The maximum Gasteiger partial charge on any atom is 0.407 e. The van der Waals surface area contributed by atoms with Crippen LogP contribution in [0.5, 0.6) is 0 Å². The third-order valence-corrected chi connectivity index (χ3v) is 9.03. The van der Waals surface area contributed by atoms with Crippen LogP contribution in [0.3, 0.4) is 0 Å². The summed E-state index contributed by atoms with van der Waals surface area (Å²) in [6.07, 6.45) is 2.86. The molecule has 0 spiro atoms. The van der Waals surface area contributed by atoms with Crippen molar-refractivity contribution in [2.45, 2.75) is 37.8 Å². The number of amides is 2. The lowest BCUT2D eigenvalue weighted by atomic mass is 9.96. The summed E-state index contributed by atoms with van der Waals surface area (Å²) < 4.78 is 31.3. The van der Waals surface area contributed by atoms with Crippen LogP contribution in [0.15, 0.2) is 42.6 Å². The zero-order chi connectivity index (χ0) is 27.8. The molecule has 2 aromatic carbocycles. The molecule has 0 aliphatic carbocycles. The van der Waals surface area contributed by atoms with E-state index in [0.717, 1.165) is 41.8 Å². The Bertz CT molecular complexity index is 1560. The van der Waals surface area contributed by atoms with E-state index in [-0.39, 0.29) is 17.6 Å². The highest BCUT2D eigenvalue weighted by Crippen LogP contribution is 2.33. The van der Waals surface area contributed by atoms with E-state index in [1.54, 1.807) is 18.3 Å². The molecule has 210 valence electrons. The standard InChI is InChI=1S/C29H31F2N5O3S/c30-21-7-11-34(12-8-21)10-1-9-32-27(37)19-3-5-25-26(15-19)40-28-33-24(17-36(25)28)22-4-2-18(14-23(22)31)20-6-13-35(16-20)29(38)39/h2-5,14-15,17,20-21H,1,6-13,16H2,(H,32,37)(H,38,39)/t20-/m0/s1. The molecule has 8 nitrogen and oxygen atoms in total. The number of nitrogens with one attached hydrogen (secondary N) is 1. The van der Waals surface area contributed by atoms with Gasteiger partial charge in [-0.05, 0) is 68.1 Å². The summed E-state index contributed by atoms with van der Waals surface area (Å²) in [5, 5.41) is 12.2. The fourth-order valence-corrected chi connectivity index (χ4v) is 6.75. The number of carbonyl (C=O) groups excluding carboxylic acids is 1. The molecule has 2 aromatic heterocycles. The highest BCUT2D eigenvalue weighted by molar-refractivity contribution is 7.23. The number of halogens is 2. The van der Waals surface area contributed by atoms with Gasteiger partial charge in [-0.25, -0.2) is 18.6 Å². The number of carbonyl (C=O) groups is 2. The minimum Gasteiger partial charge on any atom is -0.465 e. The maximum absolute atomic E-state index is 15.1. The molecule has 2 amide bonds. The number of hydrogen-bond donors (Lipinski definition) is 2. The van der Waals surface area contributed by atoms with Crippen molar-refractivity contribution in [3.8, 4) is 11.3 Å². The van der Waals surface area contributed by atoms with Crippen molar-refractivity contribution in [3.63, 3.8) is 0 Å². The van der Waals surface area contributed by atoms with Gasteiger partial charge in [-0.1, -0.05) is 17.4 Å². The van der Waals surface area contributed by atoms with Gasteiger partial charge in [0, 0.05) is 56.0 Å². The number of thiazole rings is 1. The average Bonchev–Trinajstić information content (AvgIpc) is 3.67. The smallest absolute Gasteiger partial charge is 0.407 e. The van der Waals surface area contributed by atoms with E-state index in [0.29, 0.717) is 60.7 Å². The van der Waals surface area contributed by atoms with Crippen LogP contribution in [0.1, 0.15) is 47.5 Å². The number of carboxylic acid groups (broad SMARTS) is 1. The van der Waals surface area contributed by atoms with Gasteiger partial charge in [-0.15, -0.1) is 0 Å². The normalized spacial score (nSPS) is 18.6. The molecule has 2 aliphatic heterocycles. The van der Waals surface area contributed by atoms with Gasteiger partial charge in [-0.2, -0.15) is 0 Å². The van der Waals surface area contributed by atoms with Gasteiger partial charge in [0.1, 0.15) is 12.0 Å². The van der Waals surface area contributed by atoms with Gasteiger partial charge in [0.2, 0.25) is 0 Å². The van der Waals surface area contributed by atoms with Crippen molar-refractivity contribution < 1.29 is 23.5 Å². The second-order valence-electron chi connectivity index (χ2n) is 10.6. The van der Waals surface area contributed by atoms with E-state index in [9.17, 15) is 19.1 Å². The summed E-state index contributed by atoms with van der Waals surface area (Å²) >= 11 is 1.44. The number of aromatic nitrogens is 2. The third kappa shape index (κ3) is 5.40. The molecule has 2 aliphatic rings. The second-order valence-corrected chi connectivity index (χ2v) is 11.7. The van der Waals surface area contributed by atoms with Crippen molar-refractivity contribution in [3.05, 3.63) is 59.5 Å². The highest BCUT2D eigenvalue weighted by atomic mass is 32.1. The molecule has 11 heteroatoms. The van der Waals surface area contributed by atoms with Crippen molar-refractivity contribution >= 4 is 38.5 Å². The molecule has 40 heavy (non-hydrogen) atoms. The number of likely N-dealkylation sites (tertiary alicyclic amines) is 2. The summed E-state index contributed by atoms with van der Waals surface area (Å²) in [6, 6.07) is 10.6. The van der Waals surface area contributed by atoms with Crippen molar-refractivity contribution in [2.75, 3.05) is 39.3 Å². The largest absolute Gasteiger partial charge is 0.465 e. The SMILES string of the molecule is O=C(NCCCN1CCC(F)CC1)c1ccc2c(c1)sc1nc(-c3ccc([C@H]4CCN(C(=O)O)C4)cc3F)cn12. The van der Waals surface area contributed by atoms with Crippen LogP contribution in [-0.4, -0.2) is 81.7 Å². The lowest BCUT2D eigenvalue weighted by Gasteiger charge is -2.28. The molecule has 2 saturated heterocycles. The molecule has 2 N–H and O–H groups in total. The minimum absolute atomic E-state index is 0.0133. The van der Waals surface area contributed by atoms with Gasteiger partial charge in [0.25, 0.3) is 5.91 Å².